The zero-order valence-electron chi connectivity index (χ0n) is 12.0. The summed E-state index contributed by atoms with van der Waals surface area (Å²) in [5.74, 6) is 0. The third-order valence-corrected chi connectivity index (χ3v) is 3.41. The van der Waals surface area contributed by atoms with Gasteiger partial charge in [-0.1, -0.05) is 13.0 Å². The molecule has 114 valence electrons. The molecule has 21 heavy (non-hydrogen) atoms. The number of hydrogen-bond donors (Lipinski definition) is 0. The van der Waals surface area contributed by atoms with Gasteiger partial charge in [0.25, 0.3) is 0 Å². The van der Waals surface area contributed by atoms with Gasteiger partial charge in [-0.05, 0) is 38.0 Å². The molecule has 0 spiro atoms. The monoisotopic (exact) mass is 299 g/mol. The van der Waals surface area contributed by atoms with Gasteiger partial charge in [-0.15, -0.1) is 0 Å². The quantitative estimate of drug-likeness (QED) is 0.801. The van der Waals surface area contributed by atoms with Crippen molar-refractivity contribution in [1.29, 1.82) is 0 Å². The maximum Gasteiger partial charge on any atom is 0.418 e. The molecule has 0 radical (unpaired) electrons. The number of ether oxygens (including phenoxy) is 1. The van der Waals surface area contributed by atoms with Crippen molar-refractivity contribution in [2.24, 2.45) is 0 Å². The van der Waals surface area contributed by atoms with E-state index in [1.165, 1.54) is 12.3 Å². The molecule has 1 heterocycles. The van der Waals surface area contributed by atoms with Crippen molar-refractivity contribution in [1.82, 2.24) is 4.57 Å². The standard InChI is InChI=1S/C15H16F3NO2/c1-4-10(3)21-14(20)19-8-9(2)12-6-5-11(7-13(12)19)15(16,17)18/h5-8,10H,4H2,1-3H3. The van der Waals surface area contributed by atoms with Gasteiger partial charge in [0, 0.05) is 11.6 Å². The summed E-state index contributed by atoms with van der Waals surface area (Å²) in [5, 5.41) is 0.601. The Morgan fingerprint density at radius 1 is 1.38 bits per heavy atom. The molecule has 0 amide bonds. The van der Waals surface area contributed by atoms with E-state index in [0.717, 1.165) is 22.3 Å². The van der Waals surface area contributed by atoms with Crippen molar-refractivity contribution in [2.75, 3.05) is 0 Å². The van der Waals surface area contributed by atoms with Crippen LogP contribution in [0.15, 0.2) is 24.4 Å². The van der Waals surface area contributed by atoms with Crippen LogP contribution >= 0.6 is 0 Å². The molecule has 1 aromatic carbocycles. The van der Waals surface area contributed by atoms with Gasteiger partial charge in [0.15, 0.2) is 0 Å². The first-order valence-corrected chi connectivity index (χ1v) is 6.64. The second-order valence-corrected chi connectivity index (χ2v) is 5.01. The molecule has 2 rings (SSSR count). The highest BCUT2D eigenvalue weighted by atomic mass is 19.4. The maximum atomic E-state index is 12.8. The number of halogens is 3. The Balaban J connectivity index is 2.51. The summed E-state index contributed by atoms with van der Waals surface area (Å²) in [4.78, 5) is 12.1. The highest BCUT2D eigenvalue weighted by Gasteiger charge is 2.31. The maximum absolute atomic E-state index is 12.8. The zero-order valence-corrected chi connectivity index (χ0v) is 12.0. The Morgan fingerprint density at radius 3 is 2.62 bits per heavy atom. The van der Waals surface area contributed by atoms with E-state index in [1.807, 2.05) is 6.92 Å². The van der Waals surface area contributed by atoms with E-state index in [4.69, 9.17) is 4.74 Å². The fraction of sp³-hybridized carbons (Fsp3) is 0.400. The lowest BCUT2D eigenvalue weighted by atomic mass is 10.1. The molecule has 2 aromatic rings. The first-order valence-electron chi connectivity index (χ1n) is 6.64. The Hall–Kier alpha value is -1.98. The van der Waals surface area contributed by atoms with Gasteiger partial charge in [-0.3, -0.25) is 4.57 Å². The summed E-state index contributed by atoms with van der Waals surface area (Å²) < 4.78 is 44.7. The molecule has 0 aliphatic rings. The SMILES string of the molecule is CCC(C)OC(=O)n1cc(C)c2ccc(C(F)(F)F)cc21. The Labute approximate surface area is 120 Å². The predicted molar refractivity (Wildman–Crippen MR) is 73.3 cm³/mol. The summed E-state index contributed by atoms with van der Waals surface area (Å²) >= 11 is 0. The van der Waals surface area contributed by atoms with Gasteiger partial charge in [-0.25, -0.2) is 4.79 Å². The average molecular weight is 299 g/mol. The molecule has 6 heteroatoms. The number of nitrogens with zero attached hydrogens (tertiary/aromatic N) is 1. The Kier molecular flexibility index (Phi) is 3.98. The largest absolute Gasteiger partial charge is 0.446 e. The normalized spacial score (nSPS) is 13.4. The topological polar surface area (TPSA) is 31.2 Å². The second kappa shape index (κ2) is 5.42. The van der Waals surface area contributed by atoms with E-state index in [-0.39, 0.29) is 11.6 Å². The minimum Gasteiger partial charge on any atom is -0.446 e. The lowest BCUT2D eigenvalue weighted by molar-refractivity contribution is -0.137. The molecule has 0 N–H and O–H groups in total. The molecule has 3 nitrogen and oxygen atoms in total. The van der Waals surface area contributed by atoms with Crippen molar-refractivity contribution < 1.29 is 22.7 Å². The van der Waals surface area contributed by atoms with Crippen LogP contribution < -0.4 is 0 Å². The van der Waals surface area contributed by atoms with Crippen LogP contribution in [0.25, 0.3) is 10.9 Å². The molecule has 0 bridgehead atoms. The van der Waals surface area contributed by atoms with E-state index < -0.39 is 17.8 Å². The number of hydrogen-bond acceptors (Lipinski definition) is 2. The fourth-order valence-corrected chi connectivity index (χ4v) is 2.04. The molecule has 0 saturated heterocycles. The van der Waals surface area contributed by atoms with E-state index in [9.17, 15) is 18.0 Å². The molecular weight excluding hydrogens is 283 g/mol. The highest BCUT2D eigenvalue weighted by molar-refractivity contribution is 5.92. The van der Waals surface area contributed by atoms with Crippen molar-refractivity contribution in [2.45, 2.75) is 39.5 Å². The summed E-state index contributed by atoms with van der Waals surface area (Å²) in [5.41, 5.74) is 0.140. The lowest BCUT2D eigenvalue weighted by Gasteiger charge is -2.12. The van der Waals surface area contributed by atoms with E-state index in [2.05, 4.69) is 0 Å². The van der Waals surface area contributed by atoms with Crippen molar-refractivity contribution >= 4 is 17.0 Å². The van der Waals surface area contributed by atoms with Gasteiger partial charge in [-0.2, -0.15) is 13.2 Å². The van der Waals surface area contributed by atoms with Gasteiger partial charge in [0.05, 0.1) is 11.1 Å². The lowest BCUT2D eigenvalue weighted by Crippen LogP contribution is -2.19. The van der Waals surface area contributed by atoms with Crippen LogP contribution in [-0.2, 0) is 10.9 Å². The number of aryl methyl sites for hydroxylation is 1. The van der Waals surface area contributed by atoms with Crippen molar-refractivity contribution in [3.05, 3.63) is 35.5 Å². The third-order valence-electron chi connectivity index (χ3n) is 3.41. The fourth-order valence-electron chi connectivity index (χ4n) is 2.04. The average Bonchev–Trinajstić information content (AvgIpc) is 2.74. The first-order chi connectivity index (χ1) is 9.74. The number of rotatable bonds is 2. The molecule has 0 aliphatic carbocycles. The summed E-state index contributed by atoms with van der Waals surface area (Å²) in [6, 6.07) is 3.36. The van der Waals surface area contributed by atoms with Gasteiger partial charge >= 0.3 is 12.3 Å². The Bertz CT molecular complexity index is 673. The molecule has 1 unspecified atom stereocenters. The van der Waals surface area contributed by atoms with Gasteiger partial charge in [0.1, 0.15) is 6.10 Å². The third kappa shape index (κ3) is 3.04. The number of carbonyl (C=O) groups is 1. The van der Waals surface area contributed by atoms with Gasteiger partial charge < -0.3 is 4.74 Å². The van der Waals surface area contributed by atoms with Crippen LogP contribution in [0.5, 0.6) is 0 Å². The molecule has 0 aliphatic heterocycles. The number of benzene rings is 1. The number of fused-ring (bicyclic) bond motifs is 1. The molecule has 0 fully saturated rings. The van der Waals surface area contributed by atoms with Crippen LogP contribution in [0.4, 0.5) is 18.0 Å². The van der Waals surface area contributed by atoms with Crippen LogP contribution in [0.1, 0.15) is 31.4 Å². The van der Waals surface area contributed by atoms with Gasteiger partial charge in [0.2, 0.25) is 0 Å². The number of carbonyl (C=O) groups excluding carboxylic acids is 1. The van der Waals surface area contributed by atoms with Crippen LogP contribution in [-0.4, -0.2) is 16.8 Å². The summed E-state index contributed by atoms with van der Waals surface area (Å²) in [7, 11) is 0. The minimum atomic E-state index is -4.45. The van der Waals surface area contributed by atoms with Crippen molar-refractivity contribution in [3.8, 4) is 0 Å². The molecule has 0 saturated carbocycles. The van der Waals surface area contributed by atoms with Crippen LogP contribution in [0.3, 0.4) is 0 Å². The number of aromatic nitrogens is 1. The Morgan fingerprint density at radius 2 is 2.05 bits per heavy atom. The van der Waals surface area contributed by atoms with Crippen LogP contribution in [0, 0.1) is 6.92 Å². The first kappa shape index (κ1) is 15.4. The number of alkyl halides is 3. The summed E-state index contributed by atoms with van der Waals surface area (Å²) in [6.07, 6.45) is -3.27. The van der Waals surface area contributed by atoms with E-state index >= 15 is 0 Å². The highest BCUT2D eigenvalue weighted by Crippen LogP contribution is 2.32. The zero-order chi connectivity index (χ0) is 15.8. The van der Waals surface area contributed by atoms with Crippen molar-refractivity contribution in [3.63, 3.8) is 0 Å². The summed E-state index contributed by atoms with van der Waals surface area (Å²) in [6.45, 7) is 5.33. The predicted octanol–water partition coefficient (Wildman–Crippen LogP) is 4.75. The molecule has 1 aromatic heterocycles. The smallest absolute Gasteiger partial charge is 0.418 e. The van der Waals surface area contributed by atoms with Crippen LogP contribution in [0.2, 0.25) is 0 Å². The molecule has 1 atom stereocenters. The van der Waals surface area contributed by atoms with E-state index in [1.54, 1.807) is 13.8 Å². The second-order valence-electron chi connectivity index (χ2n) is 5.01. The van der Waals surface area contributed by atoms with E-state index in [0.29, 0.717) is 11.8 Å². The minimum absolute atomic E-state index is 0.204. The molecular formula is C15H16F3NO2.